The second kappa shape index (κ2) is 6.13. The normalized spacial score (nSPS) is 14.0. The molecule has 1 atom stereocenters. The van der Waals surface area contributed by atoms with Crippen LogP contribution in [0.25, 0.3) is 5.69 Å². The van der Waals surface area contributed by atoms with Crippen LogP contribution >= 0.6 is 0 Å². The Balaban J connectivity index is 2.41. The first-order chi connectivity index (χ1) is 10.0. The number of methoxy groups -OCH3 is 1. The predicted octanol–water partition coefficient (Wildman–Crippen LogP) is 1.53. The molecule has 2 aromatic rings. The summed E-state index contributed by atoms with van der Waals surface area (Å²) in [6, 6.07) is 8.86. The lowest BCUT2D eigenvalue weighted by Crippen LogP contribution is -2.38. The number of rotatable bonds is 6. The number of hydrogen-bond donors (Lipinski definition) is 1. The van der Waals surface area contributed by atoms with Crippen LogP contribution in [0.2, 0.25) is 0 Å². The summed E-state index contributed by atoms with van der Waals surface area (Å²) in [5.74, 6) is 0. The zero-order chi connectivity index (χ0) is 15.5. The standard InChI is InChI=1S/C15H21N3O3/c1-4-10-15(2,21-3)11-17-14(20)18(13(19)16-17)12-8-6-5-7-9-12/h5-9H,4,10-11H2,1-3H3,(H,16,19). The van der Waals surface area contributed by atoms with Crippen molar-refractivity contribution in [2.75, 3.05) is 7.11 Å². The smallest absolute Gasteiger partial charge is 0.351 e. The van der Waals surface area contributed by atoms with Crippen molar-refractivity contribution in [3.8, 4) is 5.69 Å². The van der Waals surface area contributed by atoms with Gasteiger partial charge in [-0.1, -0.05) is 31.5 Å². The highest BCUT2D eigenvalue weighted by Gasteiger charge is 2.25. The van der Waals surface area contributed by atoms with E-state index in [4.69, 9.17) is 4.74 Å². The Morgan fingerprint density at radius 1 is 1.24 bits per heavy atom. The number of aromatic amines is 1. The van der Waals surface area contributed by atoms with Gasteiger partial charge in [0.05, 0.1) is 17.8 Å². The van der Waals surface area contributed by atoms with E-state index in [9.17, 15) is 9.59 Å². The Bertz CT molecular complexity index is 699. The van der Waals surface area contributed by atoms with Crippen molar-refractivity contribution in [2.45, 2.75) is 38.8 Å². The molecule has 6 nitrogen and oxygen atoms in total. The molecule has 0 fully saturated rings. The van der Waals surface area contributed by atoms with Crippen LogP contribution in [0.5, 0.6) is 0 Å². The predicted molar refractivity (Wildman–Crippen MR) is 81.0 cm³/mol. The zero-order valence-corrected chi connectivity index (χ0v) is 12.6. The lowest BCUT2D eigenvalue weighted by atomic mass is 10.0. The van der Waals surface area contributed by atoms with Gasteiger partial charge in [-0.2, -0.15) is 0 Å². The summed E-state index contributed by atoms with van der Waals surface area (Å²) in [5.41, 5.74) is -0.756. The highest BCUT2D eigenvalue weighted by molar-refractivity contribution is 5.30. The minimum Gasteiger partial charge on any atom is -0.377 e. The fourth-order valence-electron chi connectivity index (χ4n) is 2.44. The van der Waals surface area contributed by atoms with Gasteiger partial charge in [0, 0.05) is 7.11 Å². The highest BCUT2D eigenvalue weighted by atomic mass is 16.5. The number of nitrogens with one attached hydrogen (secondary N) is 1. The van der Waals surface area contributed by atoms with Gasteiger partial charge in [-0.3, -0.25) is 0 Å². The Labute approximate surface area is 123 Å². The lowest BCUT2D eigenvalue weighted by molar-refractivity contribution is -0.0191. The van der Waals surface area contributed by atoms with E-state index in [2.05, 4.69) is 12.0 Å². The fourth-order valence-corrected chi connectivity index (χ4v) is 2.44. The molecule has 21 heavy (non-hydrogen) atoms. The first kappa shape index (κ1) is 15.3. The van der Waals surface area contributed by atoms with Crippen LogP contribution in [-0.4, -0.2) is 27.1 Å². The first-order valence-electron chi connectivity index (χ1n) is 7.03. The van der Waals surface area contributed by atoms with Crippen molar-refractivity contribution in [3.05, 3.63) is 51.3 Å². The third-order valence-corrected chi connectivity index (χ3v) is 3.63. The van der Waals surface area contributed by atoms with E-state index < -0.39 is 11.3 Å². The van der Waals surface area contributed by atoms with Crippen LogP contribution in [0.1, 0.15) is 26.7 Å². The minimum absolute atomic E-state index is 0.311. The topological polar surface area (TPSA) is 69.0 Å². The summed E-state index contributed by atoms with van der Waals surface area (Å²) in [6.45, 7) is 4.30. The van der Waals surface area contributed by atoms with E-state index in [1.807, 2.05) is 13.0 Å². The molecule has 0 spiro atoms. The minimum atomic E-state index is -0.482. The van der Waals surface area contributed by atoms with Crippen molar-refractivity contribution in [1.29, 1.82) is 0 Å². The molecule has 1 aromatic heterocycles. The number of hydrogen-bond acceptors (Lipinski definition) is 3. The SMILES string of the molecule is CCCC(C)(Cn1[nH]c(=O)n(-c2ccccc2)c1=O)OC. The molecule has 0 saturated carbocycles. The third-order valence-electron chi connectivity index (χ3n) is 3.63. The number of aromatic nitrogens is 3. The van der Waals surface area contributed by atoms with Crippen molar-refractivity contribution >= 4 is 0 Å². The maximum Gasteiger partial charge on any atom is 0.351 e. The number of nitrogens with zero attached hydrogens (tertiary/aromatic N) is 2. The molecule has 0 radical (unpaired) electrons. The molecule has 0 aliphatic rings. The van der Waals surface area contributed by atoms with Crippen LogP contribution < -0.4 is 11.4 Å². The Hall–Kier alpha value is -2.08. The molecule has 6 heteroatoms. The van der Waals surface area contributed by atoms with Crippen LogP contribution in [0.3, 0.4) is 0 Å². The third kappa shape index (κ3) is 3.16. The largest absolute Gasteiger partial charge is 0.377 e. The van der Waals surface area contributed by atoms with Crippen LogP contribution in [0.15, 0.2) is 39.9 Å². The number of benzene rings is 1. The molecule has 2 rings (SSSR count). The van der Waals surface area contributed by atoms with Crippen molar-refractivity contribution in [1.82, 2.24) is 14.3 Å². The van der Waals surface area contributed by atoms with Gasteiger partial charge < -0.3 is 4.74 Å². The molecule has 1 aromatic carbocycles. The van der Waals surface area contributed by atoms with Gasteiger partial charge in [-0.25, -0.2) is 23.9 Å². The molecule has 114 valence electrons. The van der Waals surface area contributed by atoms with Gasteiger partial charge in [-0.15, -0.1) is 0 Å². The number of para-hydroxylation sites is 1. The van der Waals surface area contributed by atoms with Gasteiger partial charge in [-0.05, 0) is 25.5 Å². The summed E-state index contributed by atoms with van der Waals surface area (Å²) >= 11 is 0. The molecule has 1 heterocycles. The van der Waals surface area contributed by atoms with E-state index in [-0.39, 0.29) is 5.69 Å². The monoisotopic (exact) mass is 291 g/mol. The van der Waals surface area contributed by atoms with E-state index in [0.717, 1.165) is 17.4 Å². The first-order valence-corrected chi connectivity index (χ1v) is 7.03. The Morgan fingerprint density at radius 3 is 2.48 bits per heavy atom. The molecule has 0 aliphatic heterocycles. The molecule has 0 aliphatic carbocycles. The van der Waals surface area contributed by atoms with Gasteiger partial charge >= 0.3 is 11.4 Å². The van der Waals surface area contributed by atoms with Gasteiger partial charge in [0.2, 0.25) is 0 Å². The molecule has 1 N–H and O–H groups in total. The summed E-state index contributed by atoms with van der Waals surface area (Å²) in [7, 11) is 1.62. The maximum atomic E-state index is 12.4. The van der Waals surface area contributed by atoms with E-state index in [1.165, 1.54) is 4.68 Å². The lowest BCUT2D eigenvalue weighted by Gasteiger charge is -2.27. The molecule has 1 unspecified atom stereocenters. The maximum absolute atomic E-state index is 12.4. The second-order valence-electron chi connectivity index (χ2n) is 5.36. The van der Waals surface area contributed by atoms with Crippen LogP contribution in [-0.2, 0) is 11.3 Å². The van der Waals surface area contributed by atoms with Crippen molar-refractivity contribution < 1.29 is 4.74 Å². The van der Waals surface area contributed by atoms with Gasteiger partial charge in [0.25, 0.3) is 0 Å². The highest BCUT2D eigenvalue weighted by Crippen LogP contribution is 2.17. The van der Waals surface area contributed by atoms with E-state index in [0.29, 0.717) is 12.2 Å². The quantitative estimate of drug-likeness (QED) is 0.877. The zero-order valence-electron chi connectivity index (χ0n) is 12.6. The van der Waals surface area contributed by atoms with Crippen molar-refractivity contribution in [3.63, 3.8) is 0 Å². The average molecular weight is 291 g/mol. The van der Waals surface area contributed by atoms with Crippen LogP contribution in [0, 0.1) is 0 Å². The van der Waals surface area contributed by atoms with E-state index >= 15 is 0 Å². The summed E-state index contributed by atoms with van der Waals surface area (Å²) in [4.78, 5) is 24.5. The molecule has 0 saturated heterocycles. The summed E-state index contributed by atoms with van der Waals surface area (Å²) in [5, 5.41) is 2.59. The number of ether oxygens (including phenoxy) is 1. The number of H-pyrrole nitrogens is 1. The molecular formula is C15H21N3O3. The van der Waals surface area contributed by atoms with Gasteiger partial charge in [0.15, 0.2) is 0 Å². The van der Waals surface area contributed by atoms with Gasteiger partial charge in [0.1, 0.15) is 0 Å². The molecule has 0 amide bonds. The second-order valence-corrected chi connectivity index (χ2v) is 5.36. The molecule has 0 bridgehead atoms. The fraction of sp³-hybridized carbons (Fsp3) is 0.467. The summed E-state index contributed by atoms with van der Waals surface area (Å²) in [6.07, 6.45) is 1.73. The van der Waals surface area contributed by atoms with Crippen LogP contribution in [0.4, 0.5) is 0 Å². The summed E-state index contributed by atoms with van der Waals surface area (Å²) < 4.78 is 7.94. The van der Waals surface area contributed by atoms with E-state index in [1.54, 1.807) is 31.4 Å². The van der Waals surface area contributed by atoms with Crippen molar-refractivity contribution in [2.24, 2.45) is 0 Å². The molecular weight excluding hydrogens is 270 g/mol. The Kier molecular flexibility index (Phi) is 4.47. The Morgan fingerprint density at radius 2 is 1.90 bits per heavy atom. The average Bonchev–Trinajstić information content (AvgIpc) is 2.74.